The molecule has 1 aliphatic carbocycles. The van der Waals surface area contributed by atoms with Crippen molar-refractivity contribution in [1.29, 1.82) is 0 Å². The monoisotopic (exact) mass is 513 g/mol. The molecule has 1 saturated carbocycles. The number of nitrogens with zero attached hydrogens (tertiary/aromatic N) is 3. The van der Waals surface area contributed by atoms with E-state index < -0.39 is 11.9 Å². The fraction of sp³-hybridized carbons (Fsp3) is 0.241. The van der Waals surface area contributed by atoms with Gasteiger partial charge < -0.3 is 9.84 Å². The van der Waals surface area contributed by atoms with Crippen LogP contribution in [0, 0.1) is 5.92 Å². The van der Waals surface area contributed by atoms with Gasteiger partial charge >= 0.3 is 5.97 Å². The van der Waals surface area contributed by atoms with E-state index in [1.807, 2.05) is 72.1 Å². The Morgan fingerprint density at radius 3 is 2.43 bits per heavy atom. The van der Waals surface area contributed by atoms with Crippen LogP contribution in [0.3, 0.4) is 0 Å². The molecule has 1 aliphatic rings. The van der Waals surface area contributed by atoms with Gasteiger partial charge in [0.15, 0.2) is 5.13 Å². The number of pyridine rings is 1. The van der Waals surface area contributed by atoms with Gasteiger partial charge in [-0.05, 0) is 36.5 Å². The molecule has 4 aromatic rings. The van der Waals surface area contributed by atoms with E-state index in [1.54, 1.807) is 18.2 Å². The molecule has 1 N–H and O–H groups in total. The summed E-state index contributed by atoms with van der Waals surface area (Å²) in [6.07, 6.45) is 3.70. The van der Waals surface area contributed by atoms with Gasteiger partial charge in [0.05, 0.1) is 25.1 Å². The molecule has 0 unspecified atom stereocenters. The molecule has 37 heavy (non-hydrogen) atoms. The van der Waals surface area contributed by atoms with Crippen molar-refractivity contribution in [2.24, 2.45) is 5.92 Å². The molecule has 0 bridgehead atoms. The first-order chi connectivity index (χ1) is 18.0. The molecule has 1 amide bonds. The average molecular weight is 514 g/mol. The van der Waals surface area contributed by atoms with E-state index in [2.05, 4.69) is 4.98 Å². The fourth-order valence-corrected chi connectivity index (χ4v) is 5.33. The predicted molar refractivity (Wildman–Crippen MR) is 144 cm³/mol. The second-order valence-corrected chi connectivity index (χ2v) is 9.91. The van der Waals surface area contributed by atoms with E-state index >= 15 is 0 Å². The molecule has 0 aliphatic heterocycles. The van der Waals surface area contributed by atoms with Crippen LogP contribution < -0.4 is 9.64 Å². The molecule has 8 heteroatoms. The highest BCUT2D eigenvalue weighted by molar-refractivity contribution is 7.14. The Bertz CT molecular complexity index is 1380. The lowest BCUT2D eigenvalue weighted by Crippen LogP contribution is -2.39. The van der Waals surface area contributed by atoms with Gasteiger partial charge in [0.1, 0.15) is 0 Å². The second kappa shape index (κ2) is 10.9. The van der Waals surface area contributed by atoms with Crippen LogP contribution in [0.4, 0.5) is 5.13 Å². The Morgan fingerprint density at radius 1 is 1.05 bits per heavy atom. The summed E-state index contributed by atoms with van der Waals surface area (Å²) >= 11 is 1.41. The summed E-state index contributed by atoms with van der Waals surface area (Å²) in [5.41, 5.74) is 4.56. The number of rotatable bonds is 10. The van der Waals surface area contributed by atoms with Crippen molar-refractivity contribution < 1.29 is 19.4 Å². The zero-order valence-corrected chi connectivity index (χ0v) is 21.2. The number of ether oxygens (including phenoxy) is 1. The second-order valence-electron chi connectivity index (χ2n) is 9.07. The number of hydrogen-bond acceptors (Lipinski definition) is 6. The van der Waals surface area contributed by atoms with Gasteiger partial charge in [0.25, 0.3) is 0 Å². The molecule has 2 aromatic carbocycles. The molecule has 2 heterocycles. The molecule has 1 atom stereocenters. The minimum Gasteiger partial charge on any atom is -0.481 e. The van der Waals surface area contributed by atoms with E-state index in [9.17, 15) is 14.7 Å². The van der Waals surface area contributed by atoms with E-state index in [0.717, 1.165) is 40.8 Å². The predicted octanol–water partition coefficient (Wildman–Crippen LogP) is 5.71. The highest BCUT2D eigenvalue weighted by Crippen LogP contribution is 2.39. The standard InChI is InChI=1S/C29H27N3O4S/c1-36-26-14-11-20(17-30-26)23-9-5-6-10-24(23)25-18-37-29(31-25)32(22-12-13-22)28(35)21(16-27(33)34)15-19-7-3-2-4-8-19/h2-11,14,17-18,21-22H,12-13,15-16H2,1H3,(H,33,34)/t21-/m1/s1. The zero-order valence-electron chi connectivity index (χ0n) is 20.4. The third-order valence-corrected chi connectivity index (χ3v) is 7.24. The van der Waals surface area contributed by atoms with Crippen molar-refractivity contribution in [3.8, 4) is 28.3 Å². The van der Waals surface area contributed by atoms with Gasteiger partial charge in [-0.25, -0.2) is 9.97 Å². The number of benzene rings is 2. The van der Waals surface area contributed by atoms with Crippen molar-refractivity contribution in [2.75, 3.05) is 12.0 Å². The topological polar surface area (TPSA) is 92.6 Å². The Morgan fingerprint density at radius 2 is 1.78 bits per heavy atom. The number of aliphatic carboxylic acids is 1. The Kier molecular flexibility index (Phi) is 7.28. The van der Waals surface area contributed by atoms with E-state index in [1.165, 1.54) is 11.3 Å². The Hall–Kier alpha value is -4.04. The van der Waals surface area contributed by atoms with Crippen molar-refractivity contribution in [2.45, 2.75) is 31.7 Å². The van der Waals surface area contributed by atoms with Crippen LogP contribution in [0.25, 0.3) is 22.4 Å². The third-order valence-electron chi connectivity index (χ3n) is 6.40. The van der Waals surface area contributed by atoms with E-state index in [0.29, 0.717) is 17.4 Å². The van der Waals surface area contributed by atoms with Crippen molar-refractivity contribution >= 4 is 28.3 Å². The lowest BCUT2D eigenvalue weighted by molar-refractivity contribution is -0.140. The maximum Gasteiger partial charge on any atom is 0.304 e. The van der Waals surface area contributed by atoms with Gasteiger partial charge in [0.2, 0.25) is 11.8 Å². The largest absolute Gasteiger partial charge is 0.481 e. The van der Waals surface area contributed by atoms with Gasteiger partial charge in [-0.1, -0.05) is 54.6 Å². The van der Waals surface area contributed by atoms with Crippen LogP contribution in [0.5, 0.6) is 5.88 Å². The first-order valence-electron chi connectivity index (χ1n) is 12.2. The summed E-state index contributed by atoms with van der Waals surface area (Å²) < 4.78 is 5.19. The number of carboxylic acids is 1. The molecule has 188 valence electrons. The van der Waals surface area contributed by atoms with Crippen LogP contribution >= 0.6 is 11.3 Å². The highest BCUT2D eigenvalue weighted by Gasteiger charge is 2.39. The number of methoxy groups -OCH3 is 1. The molecule has 0 saturated heterocycles. The summed E-state index contributed by atoms with van der Waals surface area (Å²) in [4.78, 5) is 36.4. The fourth-order valence-electron chi connectivity index (χ4n) is 4.43. The van der Waals surface area contributed by atoms with E-state index in [-0.39, 0.29) is 18.4 Å². The lowest BCUT2D eigenvalue weighted by atomic mass is 9.94. The van der Waals surface area contributed by atoms with Crippen LogP contribution in [-0.4, -0.2) is 40.1 Å². The first-order valence-corrected chi connectivity index (χ1v) is 13.1. The molecular weight excluding hydrogens is 486 g/mol. The van der Waals surface area contributed by atoms with Crippen LogP contribution in [0.15, 0.2) is 78.3 Å². The van der Waals surface area contributed by atoms with Gasteiger partial charge in [0, 0.05) is 34.8 Å². The Labute approximate surface area is 219 Å². The third kappa shape index (κ3) is 5.70. The van der Waals surface area contributed by atoms with Crippen molar-refractivity contribution in [3.05, 3.63) is 83.9 Å². The number of amides is 1. The summed E-state index contributed by atoms with van der Waals surface area (Å²) in [6, 6.07) is 21.3. The maximum absolute atomic E-state index is 13.8. The van der Waals surface area contributed by atoms with Crippen molar-refractivity contribution in [3.63, 3.8) is 0 Å². The quantitative estimate of drug-likeness (QED) is 0.292. The summed E-state index contributed by atoms with van der Waals surface area (Å²) in [5.74, 6) is -1.28. The summed E-state index contributed by atoms with van der Waals surface area (Å²) in [6.45, 7) is 0. The summed E-state index contributed by atoms with van der Waals surface area (Å²) in [7, 11) is 1.58. The van der Waals surface area contributed by atoms with Gasteiger partial charge in [-0.15, -0.1) is 11.3 Å². The normalized spacial score (nSPS) is 13.6. The number of aromatic nitrogens is 2. The number of carbonyl (C=O) groups is 2. The van der Waals surface area contributed by atoms with Crippen LogP contribution in [-0.2, 0) is 16.0 Å². The molecular formula is C29H27N3O4S. The zero-order chi connectivity index (χ0) is 25.8. The number of anilines is 1. The maximum atomic E-state index is 13.8. The van der Waals surface area contributed by atoms with Crippen LogP contribution in [0.1, 0.15) is 24.8 Å². The highest BCUT2D eigenvalue weighted by atomic mass is 32.1. The molecule has 7 nitrogen and oxygen atoms in total. The van der Waals surface area contributed by atoms with Gasteiger partial charge in [-0.3, -0.25) is 14.5 Å². The molecule has 2 aromatic heterocycles. The molecule has 0 radical (unpaired) electrons. The smallest absolute Gasteiger partial charge is 0.304 e. The number of carboxylic acid groups (broad SMARTS) is 1. The lowest BCUT2D eigenvalue weighted by Gasteiger charge is -2.25. The molecule has 0 spiro atoms. The van der Waals surface area contributed by atoms with E-state index in [4.69, 9.17) is 9.72 Å². The first kappa shape index (κ1) is 24.6. The van der Waals surface area contributed by atoms with Crippen molar-refractivity contribution in [1.82, 2.24) is 9.97 Å². The molecule has 5 rings (SSSR count). The number of carbonyl (C=O) groups excluding carboxylic acids is 1. The van der Waals surface area contributed by atoms with Gasteiger partial charge in [-0.2, -0.15) is 0 Å². The average Bonchev–Trinajstić information content (AvgIpc) is 3.64. The Balaban J connectivity index is 1.45. The minimum atomic E-state index is -0.980. The molecule has 1 fully saturated rings. The van der Waals surface area contributed by atoms with Crippen LogP contribution in [0.2, 0.25) is 0 Å². The minimum absolute atomic E-state index is 0.0552. The number of hydrogen-bond donors (Lipinski definition) is 1. The number of thiazole rings is 1. The SMILES string of the molecule is COc1ccc(-c2ccccc2-c2csc(N(C(=O)[C@@H](CC(=O)O)Cc3ccccc3)C3CC3)n2)cn1. The summed E-state index contributed by atoms with van der Waals surface area (Å²) in [5, 5.41) is 12.1.